The van der Waals surface area contributed by atoms with Gasteiger partial charge in [0.1, 0.15) is 12.4 Å². The van der Waals surface area contributed by atoms with E-state index in [4.69, 9.17) is 14.2 Å². The zero-order valence-corrected chi connectivity index (χ0v) is 16.5. The minimum atomic E-state index is -0.952. The molecule has 5 rings (SSSR count). The van der Waals surface area contributed by atoms with Crippen molar-refractivity contribution < 1.29 is 27.8 Å². The number of hydrogen-bond donors (Lipinski definition) is 1. The highest BCUT2D eigenvalue weighted by Crippen LogP contribution is 2.35. The molecule has 1 aliphatic carbocycles. The second-order valence-electron chi connectivity index (χ2n) is 7.26. The Morgan fingerprint density at radius 2 is 1.97 bits per heavy atom. The number of ether oxygens (including phenoxy) is 3. The van der Waals surface area contributed by atoms with E-state index in [0.29, 0.717) is 28.6 Å². The van der Waals surface area contributed by atoms with Crippen LogP contribution in [0.5, 0.6) is 17.2 Å². The summed E-state index contributed by atoms with van der Waals surface area (Å²) in [6.45, 7) is 0.730. The van der Waals surface area contributed by atoms with E-state index in [9.17, 15) is 13.6 Å². The van der Waals surface area contributed by atoms with Crippen LogP contribution in [0.3, 0.4) is 0 Å². The SMILES string of the molecule is O=C(NCCOc1ccc2c(c1)OCO2)c1nn(-c2ccc(F)c(F)c2)c2c1CCC2. The van der Waals surface area contributed by atoms with Crippen LogP contribution < -0.4 is 19.5 Å². The van der Waals surface area contributed by atoms with Crippen molar-refractivity contribution in [3.63, 3.8) is 0 Å². The summed E-state index contributed by atoms with van der Waals surface area (Å²) in [6, 6.07) is 8.87. The highest BCUT2D eigenvalue weighted by Gasteiger charge is 2.27. The van der Waals surface area contributed by atoms with E-state index in [1.807, 2.05) is 0 Å². The van der Waals surface area contributed by atoms with Crippen molar-refractivity contribution in [3.8, 4) is 22.9 Å². The summed E-state index contributed by atoms with van der Waals surface area (Å²) in [5, 5.41) is 7.20. The highest BCUT2D eigenvalue weighted by molar-refractivity contribution is 5.94. The van der Waals surface area contributed by atoms with Crippen LogP contribution in [0, 0.1) is 11.6 Å². The lowest BCUT2D eigenvalue weighted by Gasteiger charge is -2.08. The van der Waals surface area contributed by atoms with Gasteiger partial charge in [-0.3, -0.25) is 4.79 Å². The summed E-state index contributed by atoms with van der Waals surface area (Å²) in [7, 11) is 0. The number of hydrogen-bond acceptors (Lipinski definition) is 5. The van der Waals surface area contributed by atoms with E-state index in [0.717, 1.165) is 42.7 Å². The fraction of sp³-hybridized carbons (Fsp3) is 0.273. The van der Waals surface area contributed by atoms with Gasteiger partial charge < -0.3 is 19.5 Å². The predicted octanol–water partition coefficient (Wildman–Crippen LogP) is 3.18. The quantitative estimate of drug-likeness (QED) is 0.612. The highest BCUT2D eigenvalue weighted by atomic mass is 19.2. The van der Waals surface area contributed by atoms with E-state index >= 15 is 0 Å². The molecule has 31 heavy (non-hydrogen) atoms. The molecule has 1 aliphatic heterocycles. The average molecular weight is 427 g/mol. The molecule has 1 N–H and O–H groups in total. The second kappa shape index (κ2) is 7.90. The van der Waals surface area contributed by atoms with Gasteiger partial charge in [-0.05, 0) is 43.5 Å². The van der Waals surface area contributed by atoms with Gasteiger partial charge in [-0.1, -0.05) is 0 Å². The molecule has 9 heteroatoms. The molecule has 7 nitrogen and oxygen atoms in total. The molecule has 0 saturated heterocycles. The fourth-order valence-corrected chi connectivity index (χ4v) is 3.83. The third-order valence-corrected chi connectivity index (χ3v) is 5.29. The van der Waals surface area contributed by atoms with Gasteiger partial charge in [0.05, 0.1) is 12.2 Å². The van der Waals surface area contributed by atoms with E-state index < -0.39 is 11.6 Å². The number of halogens is 2. The number of fused-ring (bicyclic) bond motifs is 2. The van der Waals surface area contributed by atoms with Gasteiger partial charge in [0.25, 0.3) is 5.91 Å². The molecule has 0 spiro atoms. The first-order valence-electron chi connectivity index (χ1n) is 9.97. The van der Waals surface area contributed by atoms with Crippen molar-refractivity contribution in [1.29, 1.82) is 0 Å². The molecule has 160 valence electrons. The van der Waals surface area contributed by atoms with Gasteiger partial charge in [-0.2, -0.15) is 5.10 Å². The molecule has 0 unspecified atom stereocenters. The zero-order chi connectivity index (χ0) is 21.4. The summed E-state index contributed by atoms with van der Waals surface area (Å²) in [5.74, 6) is -0.291. The maximum absolute atomic E-state index is 13.7. The van der Waals surface area contributed by atoms with Gasteiger partial charge in [0.2, 0.25) is 6.79 Å². The van der Waals surface area contributed by atoms with Gasteiger partial charge >= 0.3 is 0 Å². The van der Waals surface area contributed by atoms with Gasteiger partial charge in [-0.25, -0.2) is 13.5 Å². The lowest BCUT2D eigenvalue weighted by Crippen LogP contribution is -2.29. The topological polar surface area (TPSA) is 74.6 Å². The first-order valence-corrected chi connectivity index (χ1v) is 9.97. The van der Waals surface area contributed by atoms with E-state index in [1.165, 1.54) is 10.7 Å². The predicted molar refractivity (Wildman–Crippen MR) is 106 cm³/mol. The standard InChI is InChI=1S/C22H19F2N3O4/c23-16-6-4-13(10-17(16)24)27-18-3-1-2-15(18)21(26-27)22(28)25-8-9-29-14-5-7-19-20(11-14)31-12-30-19/h4-7,10-11H,1-3,8-9,12H2,(H,25,28). The van der Waals surface area contributed by atoms with Crippen molar-refractivity contribution in [2.75, 3.05) is 19.9 Å². The molecule has 3 aromatic rings. The first kappa shape index (κ1) is 19.3. The van der Waals surface area contributed by atoms with Gasteiger partial charge in [0, 0.05) is 23.4 Å². The Bertz CT molecular complexity index is 1160. The molecule has 0 atom stereocenters. The maximum atomic E-state index is 13.7. The lowest BCUT2D eigenvalue weighted by molar-refractivity contribution is 0.0940. The molecule has 2 aromatic carbocycles. The van der Waals surface area contributed by atoms with Gasteiger partial charge in [0.15, 0.2) is 28.8 Å². The minimum Gasteiger partial charge on any atom is -0.492 e. The molecule has 1 amide bonds. The summed E-state index contributed by atoms with van der Waals surface area (Å²) in [5.41, 5.74) is 2.40. The smallest absolute Gasteiger partial charge is 0.272 e. The lowest BCUT2D eigenvalue weighted by atomic mass is 10.2. The summed E-state index contributed by atoms with van der Waals surface area (Å²) >= 11 is 0. The van der Waals surface area contributed by atoms with Crippen LogP contribution in [0.1, 0.15) is 28.2 Å². The average Bonchev–Trinajstić information content (AvgIpc) is 3.49. The summed E-state index contributed by atoms with van der Waals surface area (Å²) in [6.07, 6.45) is 2.32. The van der Waals surface area contributed by atoms with Crippen LogP contribution >= 0.6 is 0 Å². The third kappa shape index (κ3) is 3.67. The normalized spacial score (nSPS) is 13.9. The molecule has 2 aliphatic rings. The molecular weight excluding hydrogens is 408 g/mol. The van der Waals surface area contributed by atoms with Crippen molar-refractivity contribution in [2.24, 2.45) is 0 Å². The zero-order valence-electron chi connectivity index (χ0n) is 16.5. The Kier molecular flexibility index (Phi) is 4.93. The number of nitrogens with one attached hydrogen (secondary N) is 1. The second-order valence-corrected chi connectivity index (χ2v) is 7.26. The maximum Gasteiger partial charge on any atom is 0.272 e. The van der Waals surface area contributed by atoms with Crippen molar-refractivity contribution in [3.05, 3.63) is 65.0 Å². The Labute approximate surface area is 176 Å². The molecular formula is C22H19F2N3O4. The molecule has 2 heterocycles. The van der Waals surface area contributed by atoms with Crippen molar-refractivity contribution >= 4 is 5.91 Å². The summed E-state index contributed by atoms with van der Waals surface area (Å²) < 4.78 is 44.7. The van der Waals surface area contributed by atoms with Crippen LogP contribution in [-0.2, 0) is 12.8 Å². The summed E-state index contributed by atoms with van der Waals surface area (Å²) in [4.78, 5) is 12.7. The molecule has 0 bridgehead atoms. The number of aromatic nitrogens is 2. The van der Waals surface area contributed by atoms with Crippen LogP contribution in [0.2, 0.25) is 0 Å². The number of amides is 1. The molecule has 0 radical (unpaired) electrons. The van der Waals surface area contributed by atoms with E-state index in [2.05, 4.69) is 10.4 Å². The van der Waals surface area contributed by atoms with Crippen LogP contribution in [0.25, 0.3) is 5.69 Å². The Balaban J connectivity index is 1.25. The number of carbonyl (C=O) groups excluding carboxylic acids is 1. The molecule has 0 saturated carbocycles. The Morgan fingerprint density at radius 1 is 1.10 bits per heavy atom. The number of carbonyl (C=O) groups is 1. The Morgan fingerprint density at radius 3 is 2.84 bits per heavy atom. The van der Waals surface area contributed by atoms with Gasteiger partial charge in [-0.15, -0.1) is 0 Å². The van der Waals surface area contributed by atoms with Crippen LogP contribution in [-0.4, -0.2) is 35.6 Å². The molecule has 1 aromatic heterocycles. The monoisotopic (exact) mass is 427 g/mol. The van der Waals surface area contributed by atoms with E-state index in [-0.39, 0.29) is 25.9 Å². The first-order chi connectivity index (χ1) is 15.1. The number of nitrogens with zero attached hydrogens (tertiary/aromatic N) is 2. The van der Waals surface area contributed by atoms with E-state index in [1.54, 1.807) is 18.2 Å². The number of benzene rings is 2. The minimum absolute atomic E-state index is 0.191. The van der Waals surface area contributed by atoms with Crippen LogP contribution in [0.15, 0.2) is 36.4 Å². The van der Waals surface area contributed by atoms with Crippen molar-refractivity contribution in [1.82, 2.24) is 15.1 Å². The largest absolute Gasteiger partial charge is 0.492 e. The third-order valence-electron chi connectivity index (χ3n) is 5.29. The van der Waals surface area contributed by atoms with Crippen molar-refractivity contribution in [2.45, 2.75) is 19.3 Å². The molecule has 0 fully saturated rings. The van der Waals surface area contributed by atoms with Crippen LogP contribution in [0.4, 0.5) is 8.78 Å². The fourth-order valence-electron chi connectivity index (χ4n) is 3.83. The Hall–Kier alpha value is -3.62. The number of rotatable bonds is 6.